The lowest BCUT2D eigenvalue weighted by Gasteiger charge is -2.60. The minimum Gasteiger partial charge on any atom is -0.372 e. The van der Waals surface area contributed by atoms with E-state index in [1.54, 1.807) is 0 Å². The number of sulfonamides is 1. The average molecular weight is 412 g/mol. The fourth-order valence-corrected chi connectivity index (χ4v) is 6.45. The molecule has 2 saturated heterocycles. The first-order valence-electron chi connectivity index (χ1n) is 9.09. The van der Waals surface area contributed by atoms with Crippen molar-refractivity contribution >= 4 is 33.1 Å². The third kappa shape index (κ3) is 3.05. The monoisotopic (exact) mass is 411 g/mol. The maximum Gasteiger partial charge on any atom is 0.281 e. The summed E-state index contributed by atoms with van der Waals surface area (Å²) in [5, 5.41) is 2.97. The smallest absolute Gasteiger partial charge is 0.281 e. The zero-order valence-electron chi connectivity index (χ0n) is 15.0. The molecule has 0 unspecified atom stereocenters. The summed E-state index contributed by atoms with van der Waals surface area (Å²) < 4.78 is 40.5. The highest BCUT2D eigenvalue weighted by Crippen LogP contribution is 2.52. The van der Waals surface area contributed by atoms with E-state index in [0.29, 0.717) is 19.6 Å². The van der Waals surface area contributed by atoms with Gasteiger partial charge in [-0.05, 0) is 38.3 Å². The summed E-state index contributed by atoms with van der Waals surface area (Å²) >= 11 is 5.14. The predicted molar refractivity (Wildman–Crippen MR) is 102 cm³/mol. The number of amides is 1. The lowest BCUT2D eigenvalue weighted by atomic mass is 9.61. The van der Waals surface area contributed by atoms with Gasteiger partial charge in [-0.1, -0.05) is 24.4 Å². The maximum absolute atomic E-state index is 13.9. The Morgan fingerprint density at radius 1 is 1.26 bits per heavy atom. The summed E-state index contributed by atoms with van der Waals surface area (Å²) in [6.07, 6.45) is 2.35. The number of benzene rings is 1. The summed E-state index contributed by atoms with van der Waals surface area (Å²) in [6.45, 7) is 3.46. The molecule has 1 spiro atoms. The first kappa shape index (κ1) is 18.8. The van der Waals surface area contributed by atoms with E-state index in [9.17, 15) is 17.6 Å². The molecule has 1 atom stereocenters. The zero-order valence-corrected chi connectivity index (χ0v) is 16.7. The first-order chi connectivity index (χ1) is 12.7. The molecule has 27 heavy (non-hydrogen) atoms. The molecule has 0 bridgehead atoms. The van der Waals surface area contributed by atoms with Crippen LogP contribution in [0.4, 0.5) is 4.39 Å². The number of thiocarbonyl (C=S) groups is 1. The van der Waals surface area contributed by atoms with Crippen LogP contribution in [0.25, 0.3) is 0 Å². The molecule has 4 rings (SSSR count). The van der Waals surface area contributed by atoms with Crippen LogP contribution in [0.5, 0.6) is 0 Å². The number of nitrogens with one attached hydrogen (secondary N) is 1. The molecule has 9 heteroatoms. The van der Waals surface area contributed by atoms with Gasteiger partial charge in [-0.2, -0.15) is 4.31 Å². The van der Waals surface area contributed by atoms with Crippen molar-refractivity contribution in [2.45, 2.75) is 43.2 Å². The van der Waals surface area contributed by atoms with Crippen LogP contribution in [0, 0.1) is 11.2 Å². The van der Waals surface area contributed by atoms with Gasteiger partial charge in [0.05, 0.1) is 0 Å². The van der Waals surface area contributed by atoms with Gasteiger partial charge in [0.2, 0.25) is 10.0 Å². The summed E-state index contributed by atoms with van der Waals surface area (Å²) in [4.78, 5) is 14.4. The highest BCUT2D eigenvalue weighted by Gasteiger charge is 2.58. The van der Waals surface area contributed by atoms with E-state index in [-0.39, 0.29) is 33.3 Å². The molecule has 1 aromatic rings. The van der Waals surface area contributed by atoms with Crippen LogP contribution in [0.3, 0.4) is 0 Å². The molecule has 2 heterocycles. The molecule has 1 aliphatic carbocycles. The lowest BCUT2D eigenvalue weighted by molar-refractivity contribution is -0.140. The van der Waals surface area contributed by atoms with Crippen LogP contribution < -0.4 is 5.32 Å². The fourth-order valence-electron chi connectivity index (χ4n) is 4.51. The van der Waals surface area contributed by atoms with Crippen LogP contribution in [0.15, 0.2) is 29.2 Å². The Hall–Kier alpha value is -1.58. The minimum absolute atomic E-state index is 0.0867. The number of hydrogen-bond acceptors (Lipinski definition) is 4. The Kier molecular flexibility index (Phi) is 4.51. The quantitative estimate of drug-likeness (QED) is 0.764. The molecule has 1 aromatic carbocycles. The van der Waals surface area contributed by atoms with Crippen molar-refractivity contribution in [1.82, 2.24) is 14.5 Å². The zero-order chi connectivity index (χ0) is 19.4. The van der Waals surface area contributed by atoms with E-state index in [1.807, 2.05) is 11.8 Å². The molecule has 3 aliphatic rings. The Labute approximate surface area is 163 Å². The first-order valence-corrected chi connectivity index (χ1v) is 10.9. The fraction of sp³-hybridized carbons (Fsp3) is 0.556. The number of halogens is 1. The third-order valence-corrected chi connectivity index (χ3v) is 8.10. The second-order valence-corrected chi connectivity index (χ2v) is 10.2. The highest BCUT2D eigenvalue weighted by atomic mass is 32.2. The van der Waals surface area contributed by atoms with Crippen LogP contribution in [-0.4, -0.2) is 60.2 Å². The highest BCUT2D eigenvalue weighted by molar-refractivity contribution is 7.89. The maximum atomic E-state index is 13.9. The number of carbonyl (C=O) groups excluding carboxylic acids is 1. The third-order valence-electron chi connectivity index (χ3n) is 5.96. The number of carbonyl (C=O) groups is 1. The van der Waals surface area contributed by atoms with Gasteiger partial charge in [0.1, 0.15) is 10.7 Å². The van der Waals surface area contributed by atoms with E-state index < -0.39 is 15.8 Å². The van der Waals surface area contributed by atoms with E-state index >= 15 is 0 Å². The van der Waals surface area contributed by atoms with Crippen molar-refractivity contribution < 1.29 is 17.6 Å². The van der Waals surface area contributed by atoms with Gasteiger partial charge in [0.25, 0.3) is 5.91 Å². The Morgan fingerprint density at radius 2 is 1.93 bits per heavy atom. The summed E-state index contributed by atoms with van der Waals surface area (Å²) in [7, 11) is -3.81. The Morgan fingerprint density at radius 3 is 2.59 bits per heavy atom. The molecule has 0 radical (unpaired) electrons. The number of hydrogen-bond donors (Lipinski definition) is 1. The molecule has 146 valence electrons. The molecule has 1 amide bonds. The van der Waals surface area contributed by atoms with Crippen LogP contribution in [0.2, 0.25) is 0 Å². The molecular formula is C18H22FN3O3S2. The molecule has 3 fully saturated rings. The van der Waals surface area contributed by atoms with E-state index in [0.717, 1.165) is 25.3 Å². The minimum atomic E-state index is -3.81. The van der Waals surface area contributed by atoms with Gasteiger partial charge < -0.3 is 10.2 Å². The average Bonchev–Trinajstić information content (AvgIpc) is 2.65. The van der Waals surface area contributed by atoms with Crippen molar-refractivity contribution in [2.24, 2.45) is 5.41 Å². The Bertz CT molecular complexity index is 891. The van der Waals surface area contributed by atoms with Gasteiger partial charge in [0.15, 0.2) is 4.99 Å². The van der Waals surface area contributed by atoms with Gasteiger partial charge >= 0.3 is 0 Å². The normalized spacial score (nSPS) is 26.3. The molecule has 1 N–H and O–H groups in total. The van der Waals surface area contributed by atoms with Crippen molar-refractivity contribution in [2.75, 3.05) is 19.6 Å². The van der Waals surface area contributed by atoms with Gasteiger partial charge in [-0.25, -0.2) is 12.8 Å². The van der Waals surface area contributed by atoms with Gasteiger partial charge in [0, 0.05) is 37.1 Å². The topological polar surface area (TPSA) is 69.7 Å². The predicted octanol–water partition coefficient (Wildman–Crippen LogP) is 1.52. The lowest BCUT2D eigenvalue weighted by Crippen LogP contribution is -2.68. The standard InChI is InChI=1S/C18H22FN3O3S2/c1-12-6-7-20-16(26)17(23)22(12)13-8-18(9-13)10-21(11-18)27(24,25)15-5-3-2-4-14(15)19/h2-5,12-13H,6-11H2,1H3,(H,20,26)/t12-/m1/s1. The van der Waals surface area contributed by atoms with Crippen molar-refractivity contribution in [1.29, 1.82) is 0 Å². The van der Waals surface area contributed by atoms with Crippen LogP contribution in [0.1, 0.15) is 26.2 Å². The van der Waals surface area contributed by atoms with Gasteiger partial charge in [-0.15, -0.1) is 0 Å². The molecular weight excluding hydrogens is 389 g/mol. The van der Waals surface area contributed by atoms with E-state index in [4.69, 9.17) is 12.2 Å². The SMILES string of the molecule is C[C@@H]1CCNC(=S)C(=O)N1C1CC2(C1)CN(S(=O)(=O)c1ccccc1F)C2. The van der Waals surface area contributed by atoms with E-state index in [2.05, 4.69) is 5.32 Å². The van der Waals surface area contributed by atoms with Crippen molar-refractivity contribution in [3.63, 3.8) is 0 Å². The molecule has 0 aromatic heterocycles. The number of rotatable bonds is 3. The molecule has 6 nitrogen and oxygen atoms in total. The largest absolute Gasteiger partial charge is 0.372 e. The summed E-state index contributed by atoms with van der Waals surface area (Å²) in [6, 6.07) is 5.64. The molecule has 2 aliphatic heterocycles. The second-order valence-electron chi connectivity index (χ2n) is 7.87. The van der Waals surface area contributed by atoms with Gasteiger partial charge in [-0.3, -0.25) is 4.79 Å². The summed E-state index contributed by atoms with van der Waals surface area (Å²) in [5.41, 5.74) is -0.107. The van der Waals surface area contributed by atoms with Crippen molar-refractivity contribution in [3.05, 3.63) is 30.1 Å². The van der Waals surface area contributed by atoms with Crippen LogP contribution >= 0.6 is 12.2 Å². The summed E-state index contributed by atoms with van der Waals surface area (Å²) in [5.74, 6) is -0.861. The van der Waals surface area contributed by atoms with Crippen LogP contribution in [-0.2, 0) is 14.8 Å². The molecule has 1 saturated carbocycles. The van der Waals surface area contributed by atoms with Crippen molar-refractivity contribution in [3.8, 4) is 0 Å². The Balaban J connectivity index is 1.42. The second kappa shape index (κ2) is 6.49. The number of nitrogens with zero attached hydrogens (tertiary/aromatic N) is 2. The van der Waals surface area contributed by atoms with E-state index in [1.165, 1.54) is 22.5 Å².